The number of rotatable bonds is 5. The van der Waals surface area contributed by atoms with E-state index in [-0.39, 0.29) is 17.7 Å². The van der Waals surface area contributed by atoms with Crippen LogP contribution in [0, 0.1) is 5.82 Å². The van der Waals surface area contributed by atoms with Gasteiger partial charge in [0.2, 0.25) is 0 Å². The number of ether oxygens (including phenoxy) is 1. The molecule has 1 aromatic carbocycles. The highest BCUT2D eigenvalue weighted by atomic mass is 19.1. The number of hydrogen-bond donors (Lipinski definition) is 1. The molecule has 1 heterocycles. The molecule has 5 heteroatoms. The Morgan fingerprint density at radius 2 is 1.86 bits per heavy atom. The molecule has 110 valence electrons. The van der Waals surface area contributed by atoms with Crippen molar-refractivity contribution in [3.63, 3.8) is 0 Å². The second kappa shape index (κ2) is 6.83. The summed E-state index contributed by atoms with van der Waals surface area (Å²) in [5, 5.41) is 2.82. The van der Waals surface area contributed by atoms with Gasteiger partial charge in [-0.15, -0.1) is 0 Å². The molecule has 2 unspecified atom stereocenters. The molecule has 0 aliphatic rings. The van der Waals surface area contributed by atoms with E-state index in [1.165, 1.54) is 12.1 Å². The molecule has 1 N–H and O–H groups in total. The van der Waals surface area contributed by atoms with Crippen LogP contribution in [0.4, 0.5) is 4.39 Å². The Kier molecular flexibility index (Phi) is 4.87. The van der Waals surface area contributed by atoms with E-state index >= 15 is 0 Å². The monoisotopic (exact) mass is 288 g/mol. The van der Waals surface area contributed by atoms with Crippen LogP contribution in [0.15, 0.2) is 48.8 Å². The third kappa shape index (κ3) is 4.02. The number of aromatic nitrogens is 1. The number of nitrogens with zero attached hydrogens (tertiary/aromatic N) is 1. The minimum atomic E-state index is -0.786. The van der Waals surface area contributed by atoms with Crippen LogP contribution in [0.5, 0.6) is 5.75 Å². The number of amides is 1. The Morgan fingerprint density at radius 1 is 1.19 bits per heavy atom. The first-order valence-corrected chi connectivity index (χ1v) is 6.69. The summed E-state index contributed by atoms with van der Waals surface area (Å²) in [5.74, 6) is -0.724. The fourth-order valence-electron chi connectivity index (χ4n) is 1.85. The number of halogens is 1. The lowest BCUT2D eigenvalue weighted by Crippen LogP contribution is -2.37. The number of nitrogens with one attached hydrogen (secondary N) is 1. The van der Waals surface area contributed by atoms with Crippen molar-refractivity contribution in [2.45, 2.75) is 26.0 Å². The van der Waals surface area contributed by atoms with Gasteiger partial charge in [-0.2, -0.15) is 0 Å². The predicted molar refractivity (Wildman–Crippen MR) is 77.3 cm³/mol. The smallest absolute Gasteiger partial charge is 0.261 e. The lowest BCUT2D eigenvalue weighted by molar-refractivity contribution is -0.128. The summed E-state index contributed by atoms with van der Waals surface area (Å²) in [6.07, 6.45) is 2.54. The fraction of sp³-hybridized carbons (Fsp3) is 0.250. The van der Waals surface area contributed by atoms with Crippen LogP contribution >= 0.6 is 0 Å². The van der Waals surface area contributed by atoms with Crippen LogP contribution < -0.4 is 10.1 Å². The van der Waals surface area contributed by atoms with Crippen molar-refractivity contribution in [3.05, 3.63) is 60.2 Å². The van der Waals surface area contributed by atoms with Gasteiger partial charge in [0.1, 0.15) is 0 Å². The molecule has 0 fully saturated rings. The molecule has 0 spiro atoms. The summed E-state index contributed by atoms with van der Waals surface area (Å²) in [6, 6.07) is 9.49. The van der Waals surface area contributed by atoms with E-state index < -0.39 is 11.9 Å². The van der Waals surface area contributed by atoms with Crippen LogP contribution in [-0.4, -0.2) is 17.0 Å². The van der Waals surface area contributed by atoms with Gasteiger partial charge in [-0.25, -0.2) is 4.39 Å². The second-order valence-corrected chi connectivity index (χ2v) is 4.70. The van der Waals surface area contributed by atoms with Gasteiger partial charge >= 0.3 is 0 Å². The quantitative estimate of drug-likeness (QED) is 0.920. The highest BCUT2D eigenvalue weighted by Gasteiger charge is 2.18. The summed E-state index contributed by atoms with van der Waals surface area (Å²) < 4.78 is 18.8. The standard InChI is InChI=1S/C16H17FN2O2/c1-11(13-7-9-18-10-8-13)19-16(20)12(2)21-15-6-4-3-5-14(15)17/h3-12H,1-2H3,(H,19,20). The van der Waals surface area contributed by atoms with Crippen LogP contribution in [-0.2, 0) is 4.79 Å². The number of hydrogen-bond acceptors (Lipinski definition) is 3. The Labute approximate surface area is 123 Å². The molecule has 0 aliphatic heterocycles. The van der Waals surface area contributed by atoms with Gasteiger partial charge in [-0.3, -0.25) is 9.78 Å². The molecule has 0 bridgehead atoms. The van der Waals surface area contributed by atoms with Gasteiger partial charge in [0.15, 0.2) is 17.7 Å². The minimum Gasteiger partial charge on any atom is -0.478 e. The third-order valence-corrected chi connectivity index (χ3v) is 3.07. The number of carbonyl (C=O) groups excluding carboxylic acids is 1. The average molecular weight is 288 g/mol. The average Bonchev–Trinajstić information content (AvgIpc) is 2.50. The van der Waals surface area contributed by atoms with Crippen molar-refractivity contribution in [2.75, 3.05) is 0 Å². The van der Waals surface area contributed by atoms with E-state index in [2.05, 4.69) is 10.3 Å². The lowest BCUT2D eigenvalue weighted by Gasteiger charge is -2.19. The van der Waals surface area contributed by atoms with Gasteiger partial charge in [-0.05, 0) is 43.7 Å². The zero-order valence-corrected chi connectivity index (χ0v) is 11.9. The summed E-state index contributed by atoms with van der Waals surface area (Å²) >= 11 is 0. The van der Waals surface area contributed by atoms with E-state index in [1.54, 1.807) is 31.5 Å². The molecule has 0 radical (unpaired) electrons. The van der Waals surface area contributed by atoms with Gasteiger partial charge < -0.3 is 10.1 Å². The van der Waals surface area contributed by atoms with Crippen molar-refractivity contribution >= 4 is 5.91 Å². The molecule has 0 saturated carbocycles. The Morgan fingerprint density at radius 3 is 2.52 bits per heavy atom. The second-order valence-electron chi connectivity index (χ2n) is 4.70. The summed E-state index contributed by atoms with van der Waals surface area (Å²) in [5.41, 5.74) is 0.941. The maximum Gasteiger partial charge on any atom is 0.261 e. The predicted octanol–water partition coefficient (Wildman–Crippen LogP) is 2.87. The first kappa shape index (κ1) is 15.0. The zero-order chi connectivity index (χ0) is 15.2. The van der Waals surface area contributed by atoms with E-state index in [9.17, 15) is 9.18 Å². The summed E-state index contributed by atoms with van der Waals surface area (Å²) in [4.78, 5) is 16.0. The van der Waals surface area contributed by atoms with Crippen molar-refractivity contribution < 1.29 is 13.9 Å². The van der Waals surface area contributed by atoms with Gasteiger partial charge in [0, 0.05) is 12.4 Å². The molecule has 2 atom stereocenters. The minimum absolute atomic E-state index is 0.0664. The van der Waals surface area contributed by atoms with Gasteiger partial charge in [0.05, 0.1) is 6.04 Å². The molecule has 2 aromatic rings. The Balaban J connectivity index is 1.95. The topological polar surface area (TPSA) is 51.2 Å². The van der Waals surface area contributed by atoms with Crippen LogP contribution in [0.1, 0.15) is 25.5 Å². The van der Waals surface area contributed by atoms with Crippen molar-refractivity contribution in [1.82, 2.24) is 10.3 Å². The molecule has 4 nitrogen and oxygen atoms in total. The first-order chi connectivity index (χ1) is 10.1. The molecular formula is C16H17FN2O2. The van der Waals surface area contributed by atoms with Gasteiger partial charge in [-0.1, -0.05) is 12.1 Å². The third-order valence-electron chi connectivity index (χ3n) is 3.07. The Hall–Kier alpha value is -2.43. The van der Waals surface area contributed by atoms with Crippen molar-refractivity contribution in [1.29, 1.82) is 0 Å². The fourth-order valence-corrected chi connectivity index (χ4v) is 1.85. The SMILES string of the molecule is CC(Oc1ccccc1F)C(=O)NC(C)c1ccncc1. The molecule has 1 amide bonds. The van der Waals surface area contributed by atoms with E-state index in [1.807, 2.05) is 19.1 Å². The molecule has 21 heavy (non-hydrogen) atoms. The first-order valence-electron chi connectivity index (χ1n) is 6.69. The van der Waals surface area contributed by atoms with E-state index in [0.717, 1.165) is 5.56 Å². The van der Waals surface area contributed by atoms with Crippen LogP contribution in [0.2, 0.25) is 0 Å². The number of para-hydroxylation sites is 1. The summed E-state index contributed by atoms with van der Waals surface area (Å²) in [6.45, 7) is 3.45. The van der Waals surface area contributed by atoms with Crippen LogP contribution in [0.3, 0.4) is 0 Å². The number of carbonyl (C=O) groups is 1. The normalized spacial score (nSPS) is 13.3. The number of pyridine rings is 1. The molecule has 2 rings (SSSR count). The highest BCUT2D eigenvalue weighted by molar-refractivity contribution is 5.81. The van der Waals surface area contributed by atoms with E-state index in [0.29, 0.717) is 0 Å². The Bertz CT molecular complexity index is 604. The molecule has 0 aliphatic carbocycles. The van der Waals surface area contributed by atoms with Crippen molar-refractivity contribution in [2.24, 2.45) is 0 Å². The maximum atomic E-state index is 13.5. The molecule has 1 aromatic heterocycles. The number of benzene rings is 1. The lowest BCUT2D eigenvalue weighted by atomic mass is 10.1. The maximum absolute atomic E-state index is 13.5. The van der Waals surface area contributed by atoms with E-state index in [4.69, 9.17) is 4.74 Å². The molecular weight excluding hydrogens is 271 g/mol. The molecule has 0 saturated heterocycles. The van der Waals surface area contributed by atoms with Gasteiger partial charge in [0.25, 0.3) is 5.91 Å². The van der Waals surface area contributed by atoms with Crippen LogP contribution in [0.25, 0.3) is 0 Å². The highest BCUT2D eigenvalue weighted by Crippen LogP contribution is 2.17. The largest absolute Gasteiger partial charge is 0.478 e. The zero-order valence-electron chi connectivity index (χ0n) is 11.9. The van der Waals surface area contributed by atoms with Crippen molar-refractivity contribution in [3.8, 4) is 5.75 Å². The summed E-state index contributed by atoms with van der Waals surface area (Å²) in [7, 11) is 0.